The molecule has 1 fully saturated rings. The molecule has 0 atom stereocenters. The number of anilines is 1. The highest BCUT2D eigenvalue weighted by atomic mass is 35.5. The molecule has 6 heteroatoms. The number of hydrogen-bond donors (Lipinski definition) is 0. The van der Waals surface area contributed by atoms with Gasteiger partial charge >= 0.3 is 0 Å². The van der Waals surface area contributed by atoms with Crippen molar-refractivity contribution in [3.63, 3.8) is 0 Å². The van der Waals surface area contributed by atoms with Crippen LogP contribution in [0.2, 0.25) is 5.02 Å². The maximum absolute atomic E-state index is 12.3. The molecular formula is C17H19ClN4O. The lowest BCUT2D eigenvalue weighted by Gasteiger charge is -2.35. The molecule has 0 N–H and O–H groups in total. The Labute approximate surface area is 140 Å². The third-order valence-electron chi connectivity index (χ3n) is 4.02. The van der Waals surface area contributed by atoms with Crippen LogP contribution >= 0.6 is 11.6 Å². The predicted molar refractivity (Wildman–Crippen MR) is 90.6 cm³/mol. The number of carbonyl (C=O) groups excluding carboxylic acids is 1. The van der Waals surface area contributed by atoms with E-state index in [-0.39, 0.29) is 5.91 Å². The second kappa shape index (κ2) is 7.42. The maximum atomic E-state index is 12.3. The van der Waals surface area contributed by atoms with Gasteiger partial charge in [0.25, 0.3) is 0 Å². The SMILES string of the molecule is O=C(CCc1cccnc1)N1CCN(c2ncccc2Cl)CC1. The number of pyridine rings is 2. The van der Waals surface area contributed by atoms with E-state index in [1.165, 1.54) is 0 Å². The molecule has 1 aliphatic rings. The largest absolute Gasteiger partial charge is 0.352 e. The Morgan fingerprint density at radius 1 is 1.13 bits per heavy atom. The normalized spacial score (nSPS) is 14.8. The van der Waals surface area contributed by atoms with Gasteiger partial charge in [-0.15, -0.1) is 0 Å². The van der Waals surface area contributed by atoms with Gasteiger partial charge in [-0.05, 0) is 30.2 Å². The van der Waals surface area contributed by atoms with Crippen molar-refractivity contribution in [2.24, 2.45) is 0 Å². The number of carbonyl (C=O) groups is 1. The van der Waals surface area contributed by atoms with Crippen molar-refractivity contribution in [1.29, 1.82) is 0 Å². The zero-order valence-electron chi connectivity index (χ0n) is 12.9. The molecule has 1 aliphatic heterocycles. The number of hydrogen-bond acceptors (Lipinski definition) is 4. The summed E-state index contributed by atoms with van der Waals surface area (Å²) in [6, 6.07) is 7.57. The molecule has 0 saturated carbocycles. The fourth-order valence-corrected chi connectivity index (χ4v) is 2.97. The molecule has 5 nitrogen and oxygen atoms in total. The molecular weight excluding hydrogens is 312 g/mol. The topological polar surface area (TPSA) is 49.3 Å². The Hall–Kier alpha value is -2.14. The second-order valence-corrected chi connectivity index (χ2v) is 5.95. The van der Waals surface area contributed by atoms with Gasteiger partial charge in [0.15, 0.2) is 0 Å². The molecule has 0 unspecified atom stereocenters. The summed E-state index contributed by atoms with van der Waals surface area (Å²) in [7, 11) is 0. The van der Waals surface area contributed by atoms with E-state index >= 15 is 0 Å². The van der Waals surface area contributed by atoms with Gasteiger partial charge in [0, 0.05) is 51.2 Å². The van der Waals surface area contributed by atoms with Gasteiger partial charge in [0.05, 0.1) is 5.02 Å². The summed E-state index contributed by atoms with van der Waals surface area (Å²) in [5.74, 6) is 0.997. The first kappa shape index (κ1) is 15.7. The number of halogens is 1. The summed E-state index contributed by atoms with van der Waals surface area (Å²) in [4.78, 5) is 24.8. The molecule has 23 heavy (non-hydrogen) atoms. The minimum absolute atomic E-state index is 0.195. The number of amides is 1. The summed E-state index contributed by atoms with van der Waals surface area (Å²) in [6.45, 7) is 2.93. The van der Waals surface area contributed by atoms with Crippen LogP contribution in [0.1, 0.15) is 12.0 Å². The smallest absolute Gasteiger partial charge is 0.223 e. The molecule has 2 aromatic heterocycles. The highest BCUT2D eigenvalue weighted by Crippen LogP contribution is 2.23. The Morgan fingerprint density at radius 3 is 2.61 bits per heavy atom. The van der Waals surface area contributed by atoms with Crippen LogP contribution in [0.4, 0.5) is 5.82 Å². The number of aromatic nitrogens is 2. The molecule has 3 heterocycles. The van der Waals surface area contributed by atoms with E-state index in [0.717, 1.165) is 30.9 Å². The average molecular weight is 331 g/mol. The summed E-state index contributed by atoms with van der Waals surface area (Å²) >= 11 is 6.18. The summed E-state index contributed by atoms with van der Waals surface area (Å²) in [6.07, 6.45) is 6.56. The Morgan fingerprint density at radius 2 is 1.91 bits per heavy atom. The molecule has 3 rings (SSSR count). The number of aryl methyl sites for hydroxylation is 1. The first-order valence-electron chi connectivity index (χ1n) is 7.76. The minimum atomic E-state index is 0.195. The fraction of sp³-hybridized carbons (Fsp3) is 0.353. The van der Waals surface area contributed by atoms with Crippen LogP contribution < -0.4 is 4.90 Å². The molecule has 1 amide bonds. The molecule has 0 radical (unpaired) electrons. The van der Waals surface area contributed by atoms with Crippen molar-refractivity contribution in [1.82, 2.24) is 14.9 Å². The molecule has 120 valence electrons. The van der Waals surface area contributed by atoms with Crippen LogP contribution in [-0.2, 0) is 11.2 Å². The molecule has 0 aromatic carbocycles. The van der Waals surface area contributed by atoms with E-state index in [0.29, 0.717) is 24.5 Å². The lowest BCUT2D eigenvalue weighted by atomic mass is 10.1. The predicted octanol–water partition coefficient (Wildman–Crippen LogP) is 2.41. The van der Waals surface area contributed by atoms with Crippen molar-refractivity contribution in [2.45, 2.75) is 12.8 Å². The van der Waals surface area contributed by atoms with Crippen LogP contribution in [-0.4, -0.2) is 47.0 Å². The first-order valence-corrected chi connectivity index (χ1v) is 8.14. The van der Waals surface area contributed by atoms with Crippen LogP contribution in [0.15, 0.2) is 42.9 Å². The minimum Gasteiger partial charge on any atom is -0.352 e. The lowest BCUT2D eigenvalue weighted by Crippen LogP contribution is -2.49. The molecule has 0 bridgehead atoms. The van der Waals surface area contributed by atoms with E-state index in [4.69, 9.17) is 11.6 Å². The van der Waals surface area contributed by atoms with Crippen molar-refractivity contribution in [3.8, 4) is 0 Å². The quantitative estimate of drug-likeness (QED) is 0.864. The lowest BCUT2D eigenvalue weighted by molar-refractivity contribution is -0.131. The van der Waals surface area contributed by atoms with E-state index in [2.05, 4.69) is 14.9 Å². The van der Waals surface area contributed by atoms with E-state index in [9.17, 15) is 4.79 Å². The monoisotopic (exact) mass is 330 g/mol. The van der Waals surface area contributed by atoms with Gasteiger partial charge in [-0.1, -0.05) is 17.7 Å². The summed E-state index contributed by atoms with van der Waals surface area (Å²) in [5, 5.41) is 0.656. The number of piperazine rings is 1. The molecule has 2 aromatic rings. The van der Waals surface area contributed by atoms with Crippen LogP contribution in [0.25, 0.3) is 0 Å². The van der Waals surface area contributed by atoms with Crippen LogP contribution in [0.3, 0.4) is 0 Å². The first-order chi connectivity index (χ1) is 11.2. The van der Waals surface area contributed by atoms with Crippen LogP contribution in [0, 0.1) is 0 Å². The fourth-order valence-electron chi connectivity index (χ4n) is 2.73. The van der Waals surface area contributed by atoms with E-state index < -0.39 is 0 Å². The Kier molecular flexibility index (Phi) is 5.08. The van der Waals surface area contributed by atoms with Crippen molar-refractivity contribution < 1.29 is 4.79 Å². The van der Waals surface area contributed by atoms with Gasteiger partial charge in [-0.3, -0.25) is 9.78 Å². The zero-order valence-corrected chi connectivity index (χ0v) is 13.6. The Bertz CT molecular complexity index is 657. The van der Waals surface area contributed by atoms with Crippen LogP contribution in [0.5, 0.6) is 0 Å². The molecule has 1 saturated heterocycles. The average Bonchev–Trinajstić information content (AvgIpc) is 2.61. The van der Waals surface area contributed by atoms with Gasteiger partial charge in [-0.2, -0.15) is 0 Å². The van der Waals surface area contributed by atoms with E-state index in [1.807, 2.05) is 35.4 Å². The molecule has 0 aliphatic carbocycles. The highest BCUT2D eigenvalue weighted by molar-refractivity contribution is 6.32. The van der Waals surface area contributed by atoms with Gasteiger partial charge < -0.3 is 9.80 Å². The maximum Gasteiger partial charge on any atom is 0.223 e. The summed E-state index contributed by atoms with van der Waals surface area (Å²) < 4.78 is 0. The third kappa shape index (κ3) is 3.99. The van der Waals surface area contributed by atoms with Gasteiger partial charge in [-0.25, -0.2) is 4.98 Å². The zero-order chi connectivity index (χ0) is 16.1. The van der Waals surface area contributed by atoms with Crippen molar-refractivity contribution >= 4 is 23.3 Å². The van der Waals surface area contributed by atoms with Gasteiger partial charge in [0.2, 0.25) is 5.91 Å². The molecule has 0 spiro atoms. The standard InChI is InChI=1S/C17H19ClN4O/c18-15-4-2-8-20-17(15)22-11-9-21(10-12-22)16(23)6-5-14-3-1-7-19-13-14/h1-4,7-8,13H,5-6,9-12H2. The van der Waals surface area contributed by atoms with Crippen molar-refractivity contribution in [3.05, 3.63) is 53.4 Å². The van der Waals surface area contributed by atoms with E-state index in [1.54, 1.807) is 12.4 Å². The Balaban J connectivity index is 1.50. The third-order valence-corrected chi connectivity index (χ3v) is 4.32. The second-order valence-electron chi connectivity index (χ2n) is 5.54. The van der Waals surface area contributed by atoms with Gasteiger partial charge in [0.1, 0.15) is 5.82 Å². The number of nitrogens with zero attached hydrogens (tertiary/aromatic N) is 4. The van der Waals surface area contributed by atoms with Crippen molar-refractivity contribution in [2.75, 3.05) is 31.1 Å². The highest BCUT2D eigenvalue weighted by Gasteiger charge is 2.22. The summed E-state index contributed by atoms with van der Waals surface area (Å²) in [5.41, 5.74) is 1.10. The number of rotatable bonds is 4.